The Labute approximate surface area is 158 Å². The van der Waals surface area contributed by atoms with Gasteiger partial charge in [-0.2, -0.15) is 0 Å². The number of rotatable bonds is 3. The minimum absolute atomic E-state index is 0.0646. The van der Waals surface area contributed by atoms with Gasteiger partial charge >= 0.3 is 0 Å². The number of aliphatic hydroxyl groups is 1. The molecule has 1 aliphatic rings. The smallest absolute Gasteiger partial charge is 0.166 e. The average Bonchev–Trinajstić information content (AvgIpc) is 2.59. The number of hydrogen-bond acceptors (Lipinski definition) is 2. The van der Waals surface area contributed by atoms with Crippen LogP contribution in [0, 0.1) is 11.2 Å². The number of carbonyl (C=O) groups excluding carboxylic acids is 1. The van der Waals surface area contributed by atoms with E-state index in [1.54, 1.807) is 18.2 Å². The SMILES string of the molecule is CCc1ccc(-c2ccc(Cl)cc2F)cc1C1=C(O)C(C)(C)CCC1=O. The van der Waals surface area contributed by atoms with Gasteiger partial charge in [0.15, 0.2) is 5.78 Å². The number of carbonyl (C=O) groups is 1. The summed E-state index contributed by atoms with van der Waals surface area (Å²) in [4.78, 5) is 12.6. The Balaban J connectivity index is 2.22. The normalized spacial score (nSPS) is 16.9. The molecular formula is C22H22ClFO2. The second-order valence-corrected chi connectivity index (χ2v) is 7.82. The van der Waals surface area contributed by atoms with Crippen LogP contribution in [0.15, 0.2) is 42.2 Å². The molecular weight excluding hydrogens is 351 g/mol. The lowest BCUT2D eigenvalue weighted by molar-refractivity contribution is -0.115. The second kappa shape index (κ2) is 6.88. The standard InChI is InChI=1S/C22H22ClFO2/c1-4-13-5-6-14(16-8-7-15(23)12-18(16)24)11-17(13)20-19(25)9-10-22(2,3)21(20)26/h5-8,11-12,26H,4,9-10H2,1-3H3. The van der Waals surface area contributed by atoms with Gasteiger partial charge in [0, 0.05) is 22.4 Å². The lowest BCUT2D eigenvalue weighted by Crippen LogP contribution is -2.25. The Hall–Kier alpha value is -2.13. The van der Waals surface area contributed by atoms with Crippen molar-refractivity contribution < 1.29 is 14.3 Å². The van der Waals surface area contributed by atoms with E-state index in [0.29, 0.717) is 46.5 Å². The van der Waals surface area contributed by atoms with Crippen LogP contribution in [0.3, 0.4) is 0 Å². The minimum Gasteiger partial charge on any atom is -0.511 e. The van der Waals surface area contributed by atoms with E-state index in [0.717, 1.165) is 5.56 Å². The zero-order valence-corrected chi connectivity index (χ0v) is 16.0. The van der Waals surface area contributed by atoms with Gasteiger partial charge in [0.05, 0.1) is 5.57 Å². The third-order valence-electron chi connectivity index (χ3n) is 5.14. The number of allylic oxidation sites excluding steroid dienone is 2. The van der Waals surface area contributed by atoms with Gasteiger partial charge in [0.25, 0.3) is 0 Å². The fourth-order valence-electron chi connectivity index (χ4n) is 3.43. The molecule has 1 aliphatic carbocycles. The van der Waals surface area contributed by atoms with Crippen LogP contribution in [0.5, 0.6) is 0 Å². The molecule has 0 aliphatic heterocycles. The lowest BCUT2D eigenvalue weighted by Gasteiger charge is -2.31. The zero-order chi connectivity index (χ0) is 19.1. The summed E-state index contributed by atoms with van der Waals surface area (Å²) in [5.74, 6) is -0.358. The van der Waals surface area contributed by atoms with Crippen molar-refractivity contribution in [2.75, 3.05) is 0 Å². The molecule has 3 rings (SSSR count). The number of Topliss-reactive ketones (excluding diaryl/α,β-unsaturated/α-hetero) is 1. The largest absolute Gasteiger partial charge is 0.511 e. The van der Waals surface area contributed by atoms with Gasteiger partial charge in [0.2, 0.25) is 0 Å². The molecule has 0 saturated carbocycles. The molecule has 0 amide bonds. The van der Waals surface area contributed by atoms with E-state index in [9.17, 15) is 14.3 Å². The molecule has 0 aromatic heterocycles. The fourth-order valence-corrected chi connectivity index (χ4v) is 3.59. The van der Waals surface area contributed by atoms with Crippen molar-refractivity contribution >= 4 is 23.0 Å². The summed E-state index contributed by atoms with van der Waals surface area (Å²) in [6.07, 6.45) is 1.73. The van der Waals surface area contributed by atoms with Gasteiger partial charge < -0.3 is 5.11 Å². The Morgan fingerprint density at radius 1 is 1.15 bits per heavy atom. The first-order chi connectivity index (χ1) is 12.2. The molecule has 0 fully saturated rings. The molecule has 0 atom stereocenters. The van der Waals surface area contributed by atoms with Crippen molar-refractivity contribution in [2.24, 2.45) is 5.41 Å². The van der Waals surface area contributed by atoms with Gasteiger partial charge in [-0.05, 0) is 53.8 Å². The number of benzene rings is 2. The van der Waals surface area contributed by atoms with E-state index in [4.69, 9.17) is 11.6 Å². The first-order valence-corrected chi connectivity index (χ1v) is 9.18. The van der Waals surface area contributed by atoms with E-state index >= 15 is 0 Å². The monoisotopic (exact) mass is 372 g/mol. The van der Waals surface area contributed by atoms with Crippen molar-refractivity contribution in [2.45, 2.75) is 40.0 Å². The number of aliphatic hydroxyl groups excluding tert-OH is 1. The molecule has 2 aromatic carbocycles. The highest BCUT2D eigenvalue weighted by Gasteiger charge is 2.35. The molecule has 136 valence electrons. The number of hydrogen-bond donors (Lipinski definition) is 1. The number of halogens is 2. The molecule has 2 aromatic rings. The topological polar surface area (TPSA) is 37.3 Å². The number of ketones is 1. The van der Waals surface area contributed by atoms with Crippen molar-refractivity contribution in [3.63, 3.8) is 0 Å². The summed E-state index contributed by atoms with van der Waals surface area (Å²) >= 11 is 5.85. The molecule has 26 heavy (non-hydrogen) atoms. The third-order valence-corrected chi connectivity index (χ3v) is 5.37. The van der Waals surface area contributed by atoms with Crippen LogP contribution in [0.2, 0.25) is 5.02 Å². The molecule has 2 nitrogen and oxygen atoms in total. The van der Waals surface area contributed by atoms with Crippen molar-refractivity contribution in [3.05, 3.63) is 64.1 Å². The zero-order valence-electron chi connectivity index (χ0n) is 15.2. The molecule has 0 saturated heterocycles. The van der Waals surface area contributed by atoms with Crippen LogP contribution in [0.4, 0.5) is 4.39 Å². The molecule has 0 spiro atoms. The van der Waals surface area contributed by atoms with Crippen LogP contribution in [0.1, 0.15) is 44.7 Å². The highest BCUT2D eigenvalue weighted by atomic mass is 35.5. The van der Waals surface area contributed by atoms with Crippen molar-refractivity contribution in [1.29, 1.82) is 0 Å². The minimum atomic E-state index is -0.449. The summed E-state index contributed by atoms with van der Waals surface area (Å²) in [6, 6.07) is 10.1. The van der Waals surface area contributed by atoms with E-state index in [2.05, 4.69) is 0 Å². The molecule has 0 heterocycles. The lowest BCUT2D eigenvalue weighted by atomic mass is 9.74. The highest BCUT2D eigenvalue weighted by molar-refractivity contribution is 6.30. The van der Waals surface area contributed by atoms with Crippen LogP contribution in [-0.4, -0.2) is 10.9 Å². The first kappa shape index (κ1) is 18.7. The van der Waals surface area contributed by atoms with Crippen molar-refractivity contribution in [1.82, 2.24) is 0 Å². The third kappa shape index (κ3) is 3.28. The van der Waals surface area contributed by atoms with E-state index < -0.39 is 11.2 Å². The summed E-state index contributed by atoms with van der Waals surface area (Å²) < 4.78 is 14.4. The fraction of sp³-hybridized carbons (Fsp3) is 0.318. The van der Waals surface area contributed by atoms with Crippen LogP contribution >= 0.6 is 11.6 Å². The van der Waals surface area contributed by atoms with Gasteiger partial charge in [-0.15, -0.1) is 0 Å². The maximum absolute atomic E-state index is 14.4. The van der Waals surface area contributed by atoms with Crippen molar-refractivity contribution in [3.8, 4) is 11.1 Å². The summed E-state index contributed by atoms with van der Waals surface area (Å²) in [5.41, 5.74) is 2.64. The van der Waals surface area contributed by atoms with Gasteiger partial charge in [0.1, 0.15) is 11.6 Å². The summed E-state index contributed by atoms with van der Waals surface area (Å²) in [6.45, 7) is 5.86. The van der Waals surface area contributed by atoms with Gasteiger partial charge in [-0.25, -0.2) is 4.39 Å². The first-order valence-electron chi connectivity index (χ1n) is 8.80. The Bertz CT molecular complexity index is 912. The molecule has 1 N–H and O–H groups in total. The van der Waals surface area contributed by atoms with E-state index in [-0.39, 0.29) is 11.5 Å². The maximum atomic E-state index is 14.4. The predicted molar refractivity (Wildman–Crippen MR) is 104 cm³/mol. The molecule has 0 radical (unpaired) electrons. The number of aryl methyl sites for hydroxylation is 1. The quantitative estimate of drug-likeness (QED) is 0.679. The molecule has 0 unspecified atom stereocenters. The predicted octanol–water partition coefficient (Wildman–Crippen LogP) is 6.37. The highest BCUT2D eigenvalue weighted by Crippen LogP contribution is 2.42. The van der Waals surface area contributed by atoms with Gasteiger partial charge in [-0.3, -0.25) is 4.79 Å². The molecule has 0 bridgehead atoms. The Morgan fingerprint density at radius 2 is 1.88 bits per heavy atom. The van der Waals surface area contributed by atoms with Crippen LogP contribution in [0.25, 0.3) is 16.7 Å². The van der Waals surface area contributed by atoms with Crippen LogP contribution < -0.4 is 0 Å². The molecule has 4 heteroatoms. The second-order valence-electron chi connectivity index (χ2n) is 7.38. The summed E-state index contributed by atoms with van der Waals surface area (Å²) in [7, 11) is 0. The average molecular weight is 373 g/mol. The maximum Gasteiger partial charge on any atom is 0.166 e. The Kier molecular flexibility index (Phi) is 4.94. The van der Waals surface area contributed by atoms with Gasteiger partial charge in [-0.1, -0.05) is 44.5 Å². The van der Waals surface area contributed by atoms with Crippen LogP contribution in [-0.2, 0) is 11.2 Å². The summed E-state index contributed by atoms with van der Waals surface area (Å²) in [5, 5.41) is 11.1. The Morgan fingerprint density at radius 3 is 2.54 bits per heavy atom. The van der Waals surface area contributed by atoms with E-state index in [1.807, 2.05) is 32.9 Å². The van der Waals surface area contributed by atoms with E-state index in [1.165, 1.54) is 6.07 Å².